The van der Waals surface area contributed by atoms with Gasteiger partial charge in [0.1, 0.15) is 0 Å². The molecule has 0 bridgehead atoms. The summed E-state index contributed by atoms with van der Waals surface area (Å²) in [6.07, 6.45) is 8.28. The Bertz CT molecular complexity index is 669. The van der Waals surface area contributed by atoms with Crippen molar-refractivity contribution in [2.24, 2.45) is 34.5 Å². The van der Waals surface area contributed by atoms with Crippen molar-refractivity contribution in [2.45, 2.75) is 77.4 Å². The third-order valence-electron chi connectivity index (χ3n) is 9.38. The molecule has 4 aliphatic rings. The summed E-state index contributed by atoms with van der Waals surface area (Å²) in [5.41, 5.74) is 0.289. The summed E-state index contributed by atoms with van der Waals surface area (Å²) in [4.78, 5) is 14.8. The van der Waals surface area contributed by atoms with E-state index in [1.165, 1.54) is 19.3 Å². The maximum Gasteiger partial charge on any atom is 0.222 e. The molecule has 4 fully saturated rings. The van der Waals surface area contributed by atoms with Gasteiger partial charge in [0.05, 0.1) is 10.5 Å². The Morgan fingerprint density at radius 2 is 1.93 bits per heavy atom. The van der Waals surface area contributed by atoms with Gasteiger partial charge in [-0.1, -0.05) is 42.4 Å². The number of hydrogen-bond acceptors (Lipinski definition) is 2. The van der Waals surface area contributed by atoms with Gasteiger partial charge in [0.25, 0.3) is 0 Å². The lowest BCUT2D eigenvalue weighted by atomic mass is 9.45. The molecule has 0 radical (unpaired) electrons. The fourth-order valence-electron chi connectivity index (χ4n) is 7.81. The number of rotatable bonds is 1. The van der Waals surface area contributed by atoms with Crippen molar-refractivity contribution in [3.8, 4) is 11.8 Å². The van der Waals surface area contributed by atoms with Gasteiger partial charge in [0.15, 0.2) is 0 Å². The van der Waals surface area contributed by atoms with Crippen LogP contribution in [0.2, 0.25) is 0 Å². The SMILES string of the molecule is CN1C(=O)CC(CC#CCI)[C@@]2(C)C1CC[C@@H]1[C@H]2CC[C@]2(C)C(O)CC[C@@H]12. The molecule has 3 saturated carbocycles. The van der Waals surface area contributed by atoms with E-state index in [2.05, 4.69) is 53.2 Å². The molecule has 1 N–H and O–H groups in total. The third kappa shape index (κ3) is 2.89. The molecule has 1 amide bonds. The highest BCUT2D eigenvalue weighted by Crippen LogP contribution is 2.66. The molecule has 3 unspecified atom stereocenters. The Kier molecular flexibility index (Phi) is 5.34. The highest BCUT2D eigenvalue weighted by Gasteiger charge is 2.63. The summed E-state index contributed by atoms with van der Waals surface area (Å²) in [6.45, 7) is 4.84. The molecule has 4 heteroatoms. The summed E-state index contributed by atoms with van der Waals surface area (Å²) in [6, 6.07) is 0.363. The van der Waals surface area contributed by atoms with Crippen LogP contribution in [-0.2, 0) is 4.79 Å². The van der Waals surface area contributed by atoms with Gasteiger partial charge in [0, 0.05) is 25.9 Å². The first-order valence-electron chi connectivity index (χ1n) is 10.8. The molecule has 1 aliphatic heterocycles. The van der Waals surface area contributed by atoms with Crippen molar-refractivity contribution in [3.05, 3.63) is 0 Å². The normalized spacial score (nSPS) is 48.9. The first kappa shape index (κ1) is 20.0. The lowest BCUT2D eigenvalue weighted by Gasteiger charge is -2.63. The van der Waals surface area contributed by atoms with Crippen LogP contribution in [0.5, 0.6) is 0 Å². The van der Waals surface area contributed by atoms with Crippen molar-refractivity contribution >= 4 is 28.5 Å². The van der Waals surface area contributed by atoms with E-state index in [9.17, 15) is 9.90 Å². The predicted molar refractivity (Wildman–Crippen MR) is 116 cm³/mol. The number of hydrogen-bond donors (Lipinski definition) is 1. The van der Waals surface area contributed by atoms with E-state index >= 15 is 0 Å². The maximum atomic E-state index is 12.7. The van der Waals surface area contributed by atoms with Gasteiger partial charge in [-0.25, -0.2) is 0 Å². The molecule has 8 atom stereocenters. The largest absolute Gasteiger partial charge is 0.393 e. The number of piperidine rings is 1. The van der Waals surface area contributed by atoms with Crippen LogP contribution in [0.4, 0.5) is 0 Å². The number of aliphatic hydroxyl groups is 1. The molecule has 0 aromatic heterocycles. The highest BCUT2D eigenvalue weighted by atomic mass is 127. The van der Waals surface area contributed by atoms with E-state index in [-0.39, 0.29) is 16.9 Å². The minimum Gasteiger partial charge on any atom is -0.393 e. The van der Waals surface area contributed by atoms with E-state index in [1.807, 2.05) is 7.05 Å². The zero-order chi connectivity index (χ0) is 19.4. The number of carbonyl (C=O) groups is 1. The number of fused-ring (bicyclic) bond motifs is 5. The van der Waals surface area contributed by atoms with Crippen LogP contribution in [0.3, 0.4) is 0 Å². The van der Waals surface area contributed by atoms with Crippen molar-refractivity contribution in [2.75, 3.05) is 11.5 Å². The van der Waals surface area contributed by atoms with Gasteiger partial charge < -0.3 is 10.0 Å². The number of nitrogens with zero attached hydrogens (tertiary/aromatic N) is 1. The lowest BCUT2D eigenvalue weighted by molar-refractivity contribution is -0.173. The molecule has 27 heavy (non-hydrogen) atoms. The van der Waals surface area contributed by atoms with Gasteiger partial charge in [0.2, 0.25) is 5.91 Å². The van der Waals surface area contributed by atoms with Crippen LogP contribution < -0.4 is 0 Å². The zero-order valence-corrected chi connectivity index (χ0v) is 19.2. The number of likely N-dealkylation sites (tertiary alicyclic amines) is 1. The fourth-order valence-corrected chi connectivity index (χ4v) is 8.08. The van der Waals surface area contributed by atoms with Crippen LogP contribution in [0.25, 0.3) is 0 Å². The molecule has 1 saturated heterocycles. The Hall–Kier alpha value is -0.280. The number of amides is 1. The fraction of sp³-hybridized carbons (Fsp3) is 0.870. The predicted octanol–water partition coefficient (Wildman–Crippen LogP) is 4.27. The van der Waals surface area contributed by atoms with Gasteiger partial charge >= 0.3 is 0 Å². The standard InChI is InChI=1S/C23H34INO2/c1-22-12-11-18-16(17(22)8-10-20(22)26)7-9-19-23(18,2)15(6-4-5-13-24)14-21(27)25(19)3/h15-20,26H,6-14H2,1-3H3/t15?,16-,17-,18+,19?,20?,22-,23+/m0/s1. The Labute approximate surface area is 178 Å². The summed E-state index contributed by atoms with van der Waals surface area (Å²) < 4.78 is 0.864. The smallest absolute Gasteiger partial charge is 0.222 e. The van der Waals surface area contributed by atoms with Crippen molar-refractivity contribution in [1.29, 1.82) is 0 Å². The summed E-state index contributed by atoms with van der Waals surface area (Å²) in [5, 5.41) is 10.7. The third-order valence-corrected chi connectivity index (χ3v) is 9.76. The van der Waals surface area contributed by atoms with Crippen LogP contribution in [-0.4, -0.2) is 39.5 Å². The van der Waals surface area contributed by atoms with Crippen molar-refractivity contribution < 1.29 is 9.90 Å². The molecule has 3 nitrogen and oxygen atoms in total. The second kappa shape index (κ2) is 7.20. The topological polar surface area (TPSA) is 40.5 Å². The molecular weight excluding hydrogens is 449 g/mol. The van der Waals surface area contributed by atoms with E-state index in [0.717, 1.165) is 30.1 Å². The van der Waals surface area contributed by atoms with E-state index in [4.69, 9.17) is 0 Å². The van der Waals surface area contributed by atoms with E-state index in [1.54, 1.807) is 0 Å². The molecule has 3 aliphatic carbocycles. The highest BCUT2D eigenvalue weighted by molar-refractivity contribution is 14.1. The average Bonchev–Trinajstić information content (AvgIpc) is 2.95. The molecule has 1 heterocycles. The van der Waals surface area contributed by atoms with Gasteiger partial charge in [-0.05, 0) is 73.0 Å². The van der Waals surface area contributed by atoms with Crippen molar-refractivity contribution in [3.63, 3.8) is 0 Å². The quantitative estimate of drug-likeness (QED) is 0.344. The Morgan fingerprint density at radius 1 is 1.15 bits per heavy atom. The van der Waals surface area contributed by atoms with Crippen LogP contribution in [0.15, 0.2) is 0 Å². The van der Waals surface area contributed by atoms with Crippen LogP contribution in [0, 0.1) is 46.3 Å². The average molecular weight is 483 g/mol. The molecule has 150 valence electrons. The Morgan fingerprint density at radius 3 is 2.67 bits per heavy atom. The molecule has 0 spiro atoms. The Balaban J connectivity index is 1.68. The molecule has 4 rings (SSSR count). The molecule has 0 aromatic rings. The minimum atomic E-state index is -0.116. The first-order valence-corrected chi connectivity index (χ1v) is 12.3. The summed E-state index contributed by atoms with van der Waals surface area (Å²) >= 11 is 2.31. The van der Waals surface area contributed by atoms with E-state index in [0.29, 0.717) is 42.0 Å². The van der Waals surface area contributed by atoms with Crippen LogP contribution >= 0.6 is 22.6 Å². The van der Waals surface area contributed by atoms with Gasteiger partial charge in [-0.2, -0.15) is 0 Å². The first-order chi connectivity index (χ1) is 12.8. The van der Waals surface area contributed by atoms with Gasteiger partial charge in [-0.3, -0.25) is 4.79 Å². The zero-order valence-electron chi connectivity index (χ0n) is 17.0. The molecular formula is C23H34INO2. The second-order valence-electron chi connectivity index (χ2n) is 10.1. The number of aliphatic hydroxyl groups excluding tert-OH is 1. The minimum absolute atomic E-state index is 0.116. The monoisotopic (exact) mass is 483 g/mol. The summed E-state index contributed by atoms with van der Waals surface area (Å²) in [5.74, 6) is 9.35. The van der Waals surface area contributed by atoms with Crippen molar-refractivity contribution in [1.82, 2.24) is 4.90 Å². The summed E-state index contributed by atoms with van der Waals surface area (Å²) in [7, 11) is 2.03. The van der Waals surface area contributed by atoms with Gasteiger partial charge in [-0.15, -0.1) is 5.92 Å². The molecule has 0 aromatic carbocycles. The second-order valence-corrected chi connectivity index (χ2v) is 10.8. The number of carbonyl (C=O) groups excluding carboxylic acids is 1. The lowest BCUT2D eigenvalue weighted by Crippen LogP contribution is -2.64. The van der Waals surface area contributed by atoms with E-state index < -0.39 is 0 Å². The maximum absolute atomic E-state index is 12.7. The number of alkyl halides is 1. The number of halogens is 1. The van der Waals surface area contributed by atoms with Crippen LogP contribution in [0.1, 0.15) is 65.2 Å².